The maximum Gasteiger partial charge on any atom is 0.215 e. The number of morpholine rings is 1. The number of sulfonamides is 1. The lowest BCUT2D eigenvalue weighted by molar-refractivity contribution is 0.0158. The molecular weight excluding hydrogens is 374 g/mol. The number of nitrogens with zero attached hydrogens (tertiary/aromatic N) is 2. The summed E-state index contributed by atoms with van der Waals surface area (Å²) < 4.78 is 35.4. The molecule has 1 aromatic heterocycles. The fourth-order valence-corrected chi connectivity index (χ4v) is 4.66. The third kappa shape index (κ3) is 4.86. The molecule has 1 N–H and O–H groups in total. The number of halogens is 1. The van der Waals surface area contributed by atoms with Gasteiger partial charge in [-0.15, -0.1) is 0 Å². The molecule has 3 rings (SSSR count). The van der Waals surface area contributed by atoms with Gasteiger partial charge in [-0.1, -0.05) is 29.8 Å². The van der Waals surface area contributed by atoms with Crippen LogP contribution in [0.1, 0.15) is 17.3 Å². The van der Waals surface area contributed by atoms with E-state index in [4.69, 9.17) is 16.3 Å². The van der Waals surface area contributed by atoms with Gasteiger partial charge in [0.25, 0.3) is 0 Å². The van der Waals surface area contributed by atoms with Crippen LogP contribution in [0.15, 0.2) is 42.6 Å². The number of aryl methyl sites for hydroxylation is 1. The van der Waals surface area contributed by atoms with Crippen molar-refractivity contribution in [1.82, 2.24) is 14.2 Å². The van der Waals surface area contributed by atoms with Gasteiger partial charge in [0.2, 0.25) is 10.0 Å². The summed E-state index contributed by atoms with van der Waals surface area (Å²) in [5.41, 5.74) is 1.68. The van der Waals surface area contributed by atoms with Crippen molar-refractivity contribution in [2.24, 2.45) is 7.05 Å². The molecule has 6 nitrogen and oxygen atoms in total. The third-order valence-electron chi connectivity index (χ3n) is 4.61. The van der Waals surface area contributed by atoms with Gasteiger partial charge in [-0.2, -0.15) is 0 Å². The highest BCUT2D eigenvalue weighted by Gasteiger charge is 2.26. The largest absolute Gasteiger partial charge is 0.379 e. The Balaban J connectivity index is 1.72. The monoisotopic (exact) mass is 397 g/mol. The molecule has 0 bridgehead atoms. The van der Waals surface area contributed by atoms with Gasteiger partial charge in [0, 0.05) is 43.6 Å². The van der Waals surface area contributed by atoms with Crippen LogP contribution in [0.3, 0.4) is 0 Å². The van der Waals surface area contributed by atoms with Crippen LogP contribution in [-0.2, 0) is 27.6 Å². The van der Waals surface area contributed by atoms with Gasteiger partial charge in [-0.25, -0.2) is 13.1 Å². The lowest BCUT2D eigenvalue weighted by Crippen LogP contribution is -2.44. The molecule has 26 heavy (non-hydrogen) atoms. The van der Waals surface area contributed by atoms with Gasteiger partial charge < -0.3 is 9.30 Å². The van der Waals surface area contributed by atoms with Crippen molar-refractivity contribution in [3.05, 3.63) is 58.9 Å². The van der Waals surface area contributed by atoms with Crippen LogP contribution in [0, 0.1) is 0 Å². The first-order valence-electron chi connectivity index (χ1n) is 8.60. The summed E-state index contributed by atoms with van der Waals surface area (Å²) >= 11 is 6.10. The molecule has 0 amide bonds. The highest BCUT2D eigenvalue weighted by atomic mass is 35.5. The first kappa shape index (κ1) is 19.4. The second kappa shape index (κ2) is 8.54. The normalized spacial score (nSPS) is 17.3. The van der Waals surface area contributed by atoms with Crippen molar-refractivity contribution >= 4 is 21.6 Å². The van der Waals surface area contributed by atoms with Crippen LogP contribution in [-0.4, -0.2) is 50.7 Å². The van der Waals surface area contributed by atoms with E-state index >= 15 is 0 Å². The number of hydrogen-bond donors (Lipinski definition) is 1. The van der Waals surface area contributed by atoms with E-state index < -0.39 is 10.0 Å². The SMILES string of the molecule is Cn1cccc1[C@H](CNS(=O)(=O)Cc1ccccc1Cl)N1CCOCC1. The molecule has 2 heterocycles. The van der Waals surface area contributed by atoms with Crippen LogP contribution in [0.25, 0.3) is 0 Å². The molecule has 1 fully saturated rings. The van der Waals surface area contributed by atoms with Gasteiger partial charge in [-0.05, 0) is 23.8 Å². The molecule has 0 unspecified atom stereocenters. The molecule has 1 saturated heterocycles. The minimum Gasteiger partial charge on any atom is -0.379 e. The molecule has 2 aromatic rings. The van der Waals surface area contributed by atoms with Crippen LogP contribution >= 0.6 is 11.6 Å². The van der Waals surface area contributed by atoms with E-state index in [0.717, 1.165) is 18.8 Å². The van der Waals surface area contributed by atoms with Crippen molar-refractivity contribution in [3.63, 3.8) is 0 Å². The number of ether oxygens (including phenoxy) is 1. The minimum absolute atomic E-state index is 0.0417. The Morgan fingerprint density at radius 3 is 2.58 bits per heavy atom. The zero-order valence-electron chi connectivity index (χ0n) is 14.8. The Morgan fingerprint density at radius 2 is 1.92 bits per heavy atom. The Bertz CT molecular complexity index is 832. The topological polar surface area (TPSA) is 63.6 Å². The average molecular weight is 398 g/mol. The van der Waals surface area contributed by atoms with E-state index in [9.17, 15) is 8.42 Å². The number of rotatable bonds is 7. The molecule has 0 radical (unpaired) electrons. The van der Waals surface area contributed by atoms with Crippen LogP contribution in [0.5, 0.6) is 0 Å². The Kier molecular flexibility index (Phi) is 6.37. The molecule has 0 saturated carbocycles. The minimum atomic E-state index is -3.50. The van der Waals surface area contributed by atoms with E-state index in [1.165, 1.54) is 0 Å². The first-order valence-corrected chi connectivity index (χ1v) is 10.6. The number of benzene rings is 1. The van der Waals surface area contributed by atoms with Gasteiger partial charge in [0.1, 0.15) is 0 Å². The second-order valence-corrected chi connectivity index (χ2v) is 8.62. The summed E-state index contributed by atoms with van der Waals surface area (Å²) in [7, 11) is -1.52. The molecule has 142 valence electrons. The summed E-state index contributed by atoms with van der Waals surface area (Å²) in [5, 5.41) is 0.463. The van der Waals surface area contributed by atoms with Crippen molar-refractivity contribution in [1.29, 1.82) is 0 Å². The predicted molar refractivity (Wildman–Crippen MR) is 103 cm³/mol. The van der Waals surface area contributed by atoms with Crippen LogP contribution in [0.4, 0.5) is 0 Å². The van der Waals surface area contributed by atoms with Crippen LogP contribution in [0.2, 0.25) is 5.02 Å². The lowest BCUT2D eigenvalue weighted by Gasteiger charge is -2.34. The van der Waals surface area contributed by atoms with Gasteiger partial charge in [0.15, 0.2) is 0 Å². The molecule has 0 aliphatic carbocycles. The Hall–Kier alpha value is -1.38. The summed E-state index contributed by atoms with van der Waals surface area (Å²) in [5.74, 6) is -0.129. The van der Waals surface area contributed by atoms with Gasteiger partial charge in [-0.3, -0.25) is 4.90 Å². The standard InChI is InChI=1S/C18H24ClN3O3S/c1-21-8-4-7-17(21)18(22-9-11-25-12-10-22)13-20-26(23,24)14-15-5-2-3-6-16(15)19/h2-8,18,20H,9-14H2,1H3/t18-/m0/s1. The van der Waals surface area contributed by atoms with Crippen molar-refractivity contribution in [3.8, 4) is 0 Å². The fraction of sp³-hybridized carbons (Fsp3) is 0.444. The summed E-state index contributed by atoms with van der Waals surface area (Å²) in [4.78, 5) is 2.26. The highest BCUT2D eigenvalue weighted by molar-refractivity contribution is 7.88. The van der Waals surface area contributed by atoms with Crippen LogP contribution < -0.4 is 4.72 Å². The third-order valence-corrected chi connectivity index (χ3v) is 6.28. The van der Waals surface area contributed by atoms with E-state index in [2.05, 4.69) is 9.62 Å². The summed E-state index contributed by atoms with van der Waals surface area (Å²) in [6.45, 7) is 3.19. The maximum absolute atomic E-state index is 12.6. The number of nitrogens with one attached hydrogen (secondary N) is 1. The molecule has 1 aliphatic rings. The highest BCUT2D eigenvalue weighted by Crippen LogP contribution is 2.22. The number of hydrogen-bond acceptors (Lipinski definition) is 4. The average Bonchev–Trinajstić information content (AvgIpc) is 3.04. The lowest BCUT2D eigenvalue weighted by atomic mass is 10.1. The smallest absolute Gasteiger partial charge is 0.215 e. The quantitative estimate of drug-likeness (QED) is 0.777. The number of aromatic nitrogens is 1. The first-order chi connectivity index (χ1) is 12.5. The summed E-state index contributed by atoms with van der Waals surface area (Å²) in [6.07, 6.45) is 1.97. The van der Waals surface area contributed by atoms with Crippen molar-refractivity contribution in [2.75, 3.05) is 32.8 Å². The zero-order valence-corrected chi connectivity index (χ0v) is 16.3. The molecule has 0 spiro atoms. The Labute approximate surface area is 159 Å². The second-order valence-electron chi connectivity index (χ2n) is 6.41. The fourth-order valence-electron chi connectivity index (χ4n) is 3.21. The van der Waals surface area contributed by atoms with Crippen molar-refractivity contribution in [2.45, 2.75) is 11.8 Å². The van der Waals surface area contributed by atoms with E-state index in [1.54, 1.807) is 24.3 Å². The molecular formula is C18H24ClN3O3S. The Morgan fingerprint density at radius 1 is 1.19 bits per heavy atom. The van der Waals surface area contributed by atoms with Crippen molar-refractivity contribution < 1.29 is 13.2 Å². The molecule has 8 heteroatoms. The van der Waals surface area contributed by atoms with Gasteiger partial charge in [0.05, 0.1) is 25.0 Å². The predicted octanol–water partition coefficient (Wildman–Crippen LogP) is 2.17. The van der Waals surface area contributed by atoms with Gasteiger partial charge >= 0.3 is 0 Å². The molecule has 1 aromatic carbocycles. The molecule has 1 aliphatic heterocycles. The summed E-state index contributed by atoms with van der Waals surface area (Å²) in [6, 6.07) is 11.0. The van der Waals surface area contributed by atoms with E-state index in [-0.39, 0.29) is 11.8 Å². The zero-order chi connectivity index (χ0) is 18.6. The van der Waals surface area contributed by atoms with E-state index in [0.29, 0.717) is 30.3 Å². The molecule has 1 atom stereocenters. The van der Waals surface area contributed by atoms with E-state index in [1.807, 2.05) is 29.9 Å². The maximum atomic E-state index is 12.6.